The smallest absolute Gasteiger partial charge is 0.265 e. The molecule has 0 heterocycles. The third-order valence-electron chi connectivity index (χ3n) is 3.12. The molecule has 0 saturated heterocycles. The number of aryl methyl sites for hydroxylation is 2. The first-order valence-electron chi connectivity index (χ1n) is 6.76. The molecule has 0 unspecified atom stereocenters. The molecule has 1 atom stereocenters. The lowest BCUT2D eigenvalue weighted by Crippen LogP contribution is -2.30. The Hall–Kier alpha value is -1.56. The van der Waals surface area contributed by atoms with E-state index >= 15 is 0 Å². The average molecular weight is 395 g/mol. The number of carbonyl (C=O) groups excluding carboxylic acids is 1. The van der Waals surface area contributed by atoms with Gasteiger partial charge in [0.05, 0.1) is 0 Å². The zero-order chi connectivity index (χ0) is 15.4. The maximum Gasteiger partial charge on any atom is 0.265 e. The van der Waals surface area contributed by atoms with Gasteiger partial charge in [0.25, 0.3) is 5.91 Å². The van der Waals surface area contributed by atoms with Gasteiger partial charge in [-0.1, -0.05) is 17.7 Å². The first kappa shape index (κ1) is 15.8. The number of carbonyl (C=O) groups is 1. The molecule has 3 nitrogen and oxygen atoms in total. The van der Waals surface area contributed by atoms with Crippen molar-refractivity contribution in [1.29, 1.82) is 0 Å². The number of anilines is 1. The molecule has 2 rings (SSSR count). The molecule has 0 saturated carbocycles. The van der Waals surface area contributed by atoms with E-state index in [1.54, 1.807) is 6.92 Å². The molecule has 0 aliphatic heterocycles. The Morgan fingerprint density at radius 2 is 1.81 bits per heavy atom. The minimum absolute atomic E-state index is 0.156. The van der Waals surface area contributed by atoms with Gasteiger partial charge in [-0.15, -0.1) is 0 Å². The molecule has 0 aromatic heterocycles. The minimum Gasteiger partial charge on any atom is -0.481 e. The van der Waals surface area contributed by atoms with E-state index in [0.717, 1.165) is 20.6 Å². The Labute approximate surface area is 138 Å². The Kier molecular flexibility index (Phi) is 5.22. The Bertz CT molecular complexity index is 638. The summed E-state index contributed by atoms with van der Waals surface area (Å²) in [7, 11) is 0. The van der Waals surface area contributed by atoms with Gasteiger partial charge in [0.1, 0.15) is 5.75 Å². The topological polar surface area (TPSA) is 38.3 Å². The lowest BCUT2D eigenvalue weighted by Gasteiger charge is -2.16. The van der Waals surface area contributed by atoms with Gasteiger partial charge in [0.15, 0.2) is 6.10 Å². The lowest BCUT2D eigenvalue weighted by molar-refractivity contribution is -0.122. The lowest BCUT2D eigenvalue weighted by atomic mass is 10.1. The van der Waals surface area contributed by atoms with Crippen LogP contribution in [0.5, 0.6) is 5.75 Å². The molecule has 2 aromatic carbocycles. The van der Waals surface area contributed by atoms with Crippen molar-refractivity contribution in [2.45, 2.75) is 26.9 Å². The second-order valence-electron chi connectivity index (χ2n) is 5.03. The summed E-state index contributed by atoms with van der Waals surface area (Å²) in [6, 6.07) is 13.6. The van der Waals surface area contributed by atoms with Crippen LogP contribution in [-0.4, -0.2) is 12.0 Å². The molecule has 0 fully saturated rings. The van der Waals surface area contributed by atoms with Gasteiger partial charge in [-0.3, -0.25) is 4.79 Å². The molecular formula is C17H18INO2. The summed E-state index contributed by atoms with van der Waals surface area (Å²) in [4.78, 5) is 12.1. The SMILES string of the molecule is Cc1ccc(O[C@H](C)C(=O)Nc2ccc(I)cc2)c(C)c1. The van der Waals surface area contributed by atoms with Crippen LogP contribution in [0.3, 0.4) is 0 Å². The van der Waals surface area contributed by atoms with E-state index in [4.69, 9.17) is 4.74 Å². The van der Waals surface area contributed by atoms with Crippen molar-refractivity contribution >= 4 is 34.2 Å². The van der Waals surface area contributed by atoms with E-state index in [0.29, 0.717) is 0 Å². The summed E-state index contributed by atoms with van der Waals surface area (Å²) in [5, 5.41) is 2.85. The highest BCUT2D eigenvalue weighted by Gasteiger charge is 2.15. The van der Waals surface area contributed by atoms with Gasteiger partial charge in [0, 0.05) is 9.26 Å². The van der Waals surface area contributed by atoms with Crippen LogP contribution in [-0.2, 0) is 4.79 Å². The van der Waals surface area contributed by atoms with Crippen LogP contribution < -0.4 is 10.1 Å². The molecule has 0 aliphatic rings. The second-order valence-corrected chi connectivity index (χ2v) is 6.27. The first-order valence-corrected chi connectivity index (χ1v) is 7.84. The van der Waals surface area contributed by atoms with E-state index in [1.807, 2.05) is 56.3 Å². The highest BCUT2D eigenvalue weighted by Crippen LogP contribution is 2.20. The molecule has 0 radical (unpaired) electrons. The van der Waals surface area contributed by atoms with Crippen molar-refractivity contribution in [3.8, 4) is 5.75 Å². The molecule has 0 bridgehead atoms. The number of hydrogen-bond donors (Lipinski definition) is 1. The summed E-state index contributed by atoms with van der Waals surface area (Å²) < 4.78 is 6.87. The van der Waals surface area contributed by atoms with Crippen LogP contribution in [0.2, 0.25) is 0 Å². The fourth-order valence-electron chi connectivity index (χ4n) is 1.95. The van der Waals surface area contributed by atoms with Crippen molar-refractivity contribution in [1.82, 2.24) is 0 Å². The summed E-state index contributed by atoms with van der Waals surface area (Å²) >= 11 is 2.23. The van der Waals surface area contributed by atoms with Crippen molar-refractivity contribution in [3.63, 3.8) is 0 Å². The van der Waals surface area contributed by atoms with Crippen LogP contribution in [0.4, 0.5) is 5.69 Å². The monoisotopic (exact) mass is 395 g/mol. The fourth-order valence-corrected chi connectivity index (χ4v) is 2.31. The number of halogens is 1. The molecular weight excluding hydrogens is 377 g/mol. The van der Waals surface area contributed by atoms with Gasteiger partial charge in [0.2, 0.25) is 0 Å². The number of nitrogens with one attached hydrogen (secondary N) is 1. The zero-order valence-corrected chi connectivity index (χ0v) is 14.5. The van der Waals surface area contributed by atoms with Crippen molar-refractivity contribution in [3.05, 3.63) is 57.2 Å². The van der Waals surface area contributed by atoms with Gasteiger partial charge in [-0.2, -0.15) is 0 Å². The average Bonchev–Trinajstić information content (AvgIpc) is 2.44. The maximum absolute atomic E-state index is 12.1. The largest absolute Gasteiger partial charge is 0.481 e. The van der Waals surface area contributed by atoms with Crippen LogP contribution in [0, 0.1) is 17.4 Å². The Morgan fingerprint density at radius 3 is 2.43 bits per heavy atom. The molecule has 0 aliphatic carbocycles. The highest BCUT2D eigenvalue weighted by atomic mass is 127. The Morgan fingerprint density at radius 1 is 1.14 bits per heavy atom. The molecule has 1 N–H and O–H groups in total. The third-order valence-corrected chi connectivity index (χ3v) is 3.83. The van der Waals surface area contributed by atoms with E-state index in [-0.39, 0.29) is 5.91 Å². The van der Waals surface area contributed by atoms with Crippen molar-refractivity contribution in [2.24, 2.45) is 0 Å². The predicted molar refractivity (Wildman–Crippen MR) is 93.8 cm³/mol. The molecule has 21 heavy (non-hydrogen) atoms. The standard InChI is InChI=1S/C17H18INO2/c1-11-4-9-16(12(2)10-11)21-13(3)17(20)19-15-7-5-14(18)6-8-15/h4-10,13H,1-3H3,(H,19,20)/t13-/m1/s1. The van der Waals surface area contributed by atoms with Crippen LogP contribution in [0.1, 0.15) is 18.1 Å². The van der Waals surface area contributed by atoms with Crippen molar-refractivity contribution < 1.29 is 9.53 Å². The fraction of sp³-hybridized carbons (Fsp3) is 0.235. The summed E-state index contributed by atoms with van der Waals surface area (Å²) in [5.41, 5.74) is 2.98. The minimum atomic E-state index is -0.550. The van der Waals surface area contributed by atoms with E-state index in [2.05, 4.69) is 27.9 Å². The van der Waals surface area contributed by atoms with E-state index in [1.165, 1.54) is 5.56 Å². The molecule has 2 aromatic rings. The van der Waals surface area contributed by atoms with Gasteiger partial charge in [-0.05, 0) is 79.3 Å². The quantitative estimate of drug-likeness (QED) is 0.784. The van der Waals surface area contributed by atoms with Crippen LogP contribution >= 0.6 is 22.6 Å². The third kappa shape index (κ3) is 4.46. The molecule has 110 valence electrons. The number of hydrogen-bond acceptors (Lipinski definition) is 2. The molecule has 1 amide bonds. The number of amides is 1. The van der Waals surface area contributed by atoms with Crippen molar-refractivity contribution in [2.75, 3.05) is 5.32 Å². The van der Waals surface area contributed by atoms with E-state index < -0.39 is 6.10 Å². The summed E-state index contributed by atoms with van der Waals surface area (Å²) in [6.45, 7) is 5.76. The maximum atomic E-state index is 12.1. The van der Waals surface area contributed by atoms with E-state index in [9.17, 15) is 4.79 Å². The number of ether oxygens (including phenoxy) is 1. The summed E-state index contributed by atoms with van der Waals surface area (Å²) in [5.74, 6) is 0.585. The zero-order valence-electron chi connectivity index (χ0n) is 12.3. The second kappa shape index (κ2) is 6.93. The predicted octanol–water partition coefficient (Wildman–Crippen LogP) is 4.31. The van der Waals surface area contributed by atoms with Crippen LogP contribution in [0.25, 0.3) is 0 Å². The van der Waals surface area contributed by atoms with Gasteiger partial charge >= 0.3 is 0 Å². The highest BCUT2D eigenvalue weighted by molar-refractivity contribution is 14.1. The molecule has 0 spiro atoms. The van der Waals surface area contributed by atoms with Gasteiger partial charge < -0.3 is 10.1 Å². The number of benzene rings is 2. The van der Waals surface area contributed by atoms with Gasteiger partial charge in [-0.25, -0.2) is 0 Å². The van der Waals surface area contributed by atoms with Crippen LogP contribution in [0.15, 0.2) is 42.5 Å². The Balaban J connectivity index is 2.00. The molecule has 4 heteroatoms. The normalized spacial score (nSPS) is 11.8. The first-order chi connectivity index (χ1) is 9.95. The number of rotatable bonds is 4. The summed E-state index contributed by atoms with van der Waals surface area (Å²) in [6.07, 6.45) is -0.550.